The maximum absolute atomic E-state index is 10.7. The molecule has 0 aliphatic heterocycles. The largest absolute Gasteiger partial charge is 1.00 e. The molecule has 0 saturated heterocycles. The van der Waals surface area contributed by atoms with Crippen molar-refractivity contribution in [2.75, 3.05) is 0 Å². The molecule has 1 fully saturated rings. The number of hydrogen-bond acceptors (Lipinski definition) is 1. The number of allylic oxidation sites excluding steroid dienone is 2. The maximum atomic E-state index is 10.7. The molecule has 0 bridgehead atoms. The fourth-order valence-corrected chi connectivity index (χ4v) is 1.82. The molecular weight excluding hydrogens is 175 g/mol. The number of rotatable bonds is 2. The molecule has 0 spiro atoms. The second-order valence-electron chi connectivity index (χ2n) is 4.41. The molecule has 0 aromatic rings. The van der Waals surface area contributed by atoms with Crippen LogP contribution in [0.1, 0.15) is 29.1 Å². The Morgan fingerprint density at radius 3 is 2.15 bits per heavy atom. The smallest absolute Gasteiger partial charge is 1.00 e. The molecule has 2 unspecified atom stereocenters. The van der Waals surface area contributed by atoms with Crippen molar-refractivity contribution in [3.63, 3.8) is 0 Å². The summed E-state index contributed by atoms with van der Waals surface area (Å²) in [4.78, 5) is 10.7. The van der Waals surface area contributed by atoms with Crippen LogP contribution >= 0.6 is 0 Å². The van der Waals surface area contributed by atoms with Crippen LogP contribution in [0, 0.1) is 17.3 Å². The van der Waals surface area contributed by atoms with E-state index < -0.39 is 5.97 Å². The van der Waals surface area contributed by atoms with E-state index in [0.717, 1.165) is 0 Å². The van der Waals surface area contributed by atoms with Gasteiger partial charge in [0.1, 0.15) is 0 Å². The molecule has 1 saturated carbocycles. The summed E-state index contributed by atoms with van der Waals surface area (Å²) < 4.78 is 0. The molecule has 0 heterocycles. The van der Waals surface area contributed by atoms with Crippen LogP contribution in [0.2, 0.25) is 0 Å². The summed E-state index contributed by atoms with van der Waals surface area (Å²) in [6.07, 6.45) is 2.07. The van der Waals surface area contributed by atoms with Crippen LogP contribution in [-0.4, -0.2) is 11.1 Å². The van der Waals surface area contributed by atoms with E-state index in [2.05, 4.69) is 6.08 Å². The third kappa shape index (κ3) is 2.58. The van der Waals surface area contributed by atoms with Crippen molar-refractivity contribution in [1.82, 2.24) is 0 Å². The van der Waals surface area contributed by atoms with E-state index >= 15 is 0 Å². The summed E-state index contributed by atoms with van der Waals surface area (Å²) in [6, 6.07) is 0. The first-order valence-corrected chi connectivity index (χ1v) is 4.25. The number of carbonyl (C=O) groups is 1. The third-order valence-corrected chi connectivity index (χ3v) is 2.69. The van der Waals surface area contributed by atoms with Crippen LogP contribution in [0.4, 0.5) is 0 Å². The summed E-state index contributed by atoms with van der Waals surface area (Å²) in [5.74, 6) is -0.602. The average molecular weight is 192 g/mol. The first kappa shape index (κ1) is 13.2. The van der Waals surface area contributed by atoms with Gasteiger partial charge in [0.25, 0.3) is 0 Å². The van der Waals surface area contributed by atoms with E-state index in [9.17, 15) is 4.79 Å². The van der Waals surface area contributed by atoms with Crippen LogP contribution in [0.25, 0.3) is 0 Å². The molecule has 1 N–H and O–H groups in total. The number of aliphatic carboxylic acids is 1. The van der Waals surface area contributed by atoms with Gasteiger partial charge in [-0.2, -0.15) is 0 Å². The standard InChI is InChI=1S/C10H16O2.Na.H/c1-6(2)5-7-8(9(11)12)10(7,3)4;;/h5,7-8H,1-4H3,(H,11,12);;/q;+1;-1. The van der Waals surface area contributed by atoms with Gasteiger partial charge >= 0.3 is 35.5 Å². The first-order valence-electron chi connectivity index (χ1n) is 4.25. The minimum absolute atomic E-state index is 0. The van der Waals surface area contributed by atoms with Crippen molar-refractivity contribution in [1.29, 1.82) is 0 Å². The Labute approximate surface area is 103 Å². The minimum atomic E-state index is -0.664. The van der Waals surface area contributed by atoms with Crippen molar-refractivity contribution >= 4 is 5.97 Å². The van der Waals surface area contributed by atoms with E-state index in [1.165, 1.54) is 5.57 Å². The Hall–Kier alpha value is 0.210. The van der Waals surface area contributed by atoms with E-state index in [0.29, 0.717) is 0 Å². The van der Waals surface area contributed by atoms with Gasteiger partial charge in [0.05, 0.1) is 5.92 Å². The summed E-state index contributed by atoms with van der Waals surface area (Å²) >= 11 is 0. The molecule has 0 radical (unpaired) electrons. The van der Waals surface area contributed by atoms with Crippen LogP contribution in [-0.2, 0) is 4.79 Å². The molecule has 0 amide bonds. The Morgan fingerprint density at radius 1 is 1.46 bits per heavy atom. The predicted molar refractivity (Wildman–Crippen MR) is 48.9 cm³/mol. The molecular formula is C10H17NaO2. The second kappa shape index (κ2) is 4.16. The molecule has 1 aliphatic carbocycles. The van der Waals surface area contributed by atoms with E-state index in [1.807, 2.05) is 27.7 Å². The molecule has 0 aromatic carbocycles. The molecule has 13 heavy (non-hydrogen) atoms. The fourth-order valence-electron chi connectivity index (χ4n) is 1.82. The Balaban J connectivity index is 0. The molecule has 2 nitrogen and oxygen atoms in total. The van der Waals surface area contributed by atoms with Crippen LogP contribution in [0.3, 0.4) is 0 Å². The zero-order valence-electron chi connectivity index (χ0n) is 10.1. The molecule has 1 rings (SSSR count). The molecule has 2 atom stereocenters. The summed E-state index contributed by atoms with van der Waals surface area (Å²) in [6.45, 7) is 8.03. The molecule has 70 valence electrons. The van der Waals surface area contributed by atoms with Gasteiger partial charge in [0, 0.05) is 0 Å². The van der Waals surface area contributed by atoms with Crippen LogP contribution in [0.5, 0.6) is 0 Å². The number of carboxylic acids is 1. The van der Waals surface area contributed by atoms with Crippen molar-refractivity contribution < 1.29 is 40.9 Å². The van der Waals surface area contributed by atoms with Crippen molar-refractivity contribution in [2.24, 2.45) is 17.3 Å². The van der Waals surface area contributed by atoms with Gasteiger partial charge in [0.2, 0.25) is 0 Å². The Morgan fingerprint density at radius 2 is 1.92 bits per heavy atom. The van der Waals surface area contributed by atoms with Gasteiger partial charge in [-0.25, -0.2) is 0 Å². The minimum Gasteiger partial charge on any atom is -1.00 e. The predicted octanol–water partition coefficient (Wildman–Crippen LogP) is -0.574. The third-order valence-electron chi connectivity index (χ3n) is 2.69. The molecule has 1 aliphatic rings. The SMILES string of the molecule is CC(C)=CC1C(C(=O)O)C1(C)C.[H-].[Na+]. The summed E-state index contributed by atoms with van der Waals surface area (Å²) in [7, 11) is 0. The quantitative estimate of drug-likeness (QED) is 0.470. The zero-order chi connectivity index (χ0) is 9.52. The van der Waals surface area contributed by atoms with Crippen molar-refractivity contribution in [3.8, 4) is 0 Å². The summed E-state index contributed by atoms with van der Waals surface area (Å²) in [5.41, 5.74) is 1.17. The average Bonchev–Trinajstić information content (AvgIpc) is 2.32. The van der Waals surface area contributed by atoms with Gasteiger partial charge in [-0.05, 0) is 25.2 Å². The van der Waals surface area contributed by atoms with Gasteiger partial charge in [-0.15, -0.1) is 0 Å². The number of carboxylic acid groups (broad SMARTS) is 1. The molecule has 3 heteroatoms. The van der Waals surface area contributed by atoms with E-state index in [-0.39, 0.29) is 48.2 Å². The topological polar surface area (TPSA) is 37.3 Å². The van der Waals surface area contributed by atoms with Gasteiger partial charge in [0.15, 0.2) is 0 Å². The fraction of sp³-hybridized carbons (Fsp3) is 0.700. The normalized spacial score (nSPS) is 28.6. The molecule has 0 aromatic heterocycles. The zero-order valence-corrected chi connectivity index (χ0v) is 11.1. The van der Waals surface area contributed by atoms with Crippen LogP contribution in [0.15, 0.2) is 11.6 Å². The Kier molecular flexibility index (Phi) is 4.23. The van der Waals surface area contributed by atoms with E-state index in [1.54, 1.807) is 0 Å². The van der Waals surface area contributed by atoms with Crippen molar-refractivity contribution in [2.45, 2.75) is 27.7 Å². The van der Waals surface area contributed by atoms with Crippen LogP contribution < -0.4 is 29.6 Å². The van der Waals surface area contributed by atoms with E-state index in [4.69, 9.17) is 5.11 Å². The van der Waals surface area contributed by atoms with Crippen molar-refractivity contribution in [3.05, 3.63) is 11.6 Å². The summed E-state index contributed by atoms with van der Waals surface area (Å²) in [5, 5.41) is 8.84. The van der Waals surface area contributed by atoms with Gasteiger partial charge in [-0.1, -0.05) is 25.5 Å². The Bertz CT molecular complexity index is 245. The number of hydrogen-bond donors (Lipinski definition) is 1. The van der Waals surface area contributed by atoms with Gasteiger partial charge < -0.3 is 6.53 Å². The monoisotopic (exact) mass is 192 g/mol. The maximum Gasteiger partial charge on any atom is 1.00 e. The second-order valence-corrected chi connectivity index (χ2v) is 4.41. The first-order chi connectivity index (χ1) is 5.37. The van der Waals surface area contributed by atoms with Gasteiger partial charge in [-0.3, -0.25) is 4.79 Å².